The third kappa shape index (κ3) is 3.74. The Hall–Kier alpha value is -0.140. The Labute approximate surface area is 135 Å². The van der Waals surface area contributed by atoms with E-state index in [4.69, 9.17) is 0 Å². The van der Waals surface area contributed by atoms with Gasteiger partial charge in [-0.05, 0) is 56.6 Å². The first kappa shape index (κ1) is 17.9. The lowest BCUT2D eigenvalue weighted by Crippen LogP contribution is -2.30. The first-order chi connectivity index (χ1) is 8.95. The average Bonchev–Trinajstić information content (AvgIpc) is 2.78. The normalized spacial score (nSPS) is 19.9. The van der Waals surface area contributed by atoms with Crippen molar-refractivity contribution in [2.75, 3.05) is 26.7 Å². The minimum absolute atomic E-state index is 0. The SMILES string of the molecule is CNCC1CCN(S(=O)(=O)c2ccc(Br)cc2C)C1.Cl. The topological polar surface area (TPSA) is 49.4 Å². The first-order valence-corrected chi connectivity index (χ1v) is 8.59. The second-order valence-electron chi connectivity index (χ2n) is 4.99. The summed E-state index contributed by atoms with van der Waals surface area (Å²) in [4.78, 5) is 0.417. The summed E-state index contributed by atoms with van der Waals surface area (Å²) < 4.78 is 27.7. The Morgan fingerprint density at radius 1 is 1.45 bits per heavy atom. The molecule has 0 amide bonds. The molecule has 1 atom stereocenters. The number of aryl methyl sites for hydroxylation is 1. The van der Waals surface area contributed by atoms with Gasteiger partial charge in [0.2, 0.25) is 10.0 Å². The molecule has 1 aliphatic rings. The second-order valence-corrected chi connectivity index (χ2v) is 7.81. The quantitative estimate of drug-likeness (QED) is 0.868. The summed E-state index contributed by atoms with van der Waals surface area (Å²) >= 11 is 3.36. The Kier molecular flexibility index (Phi) is 6.47. The van der Waals surface area contributed by atoms with Crippen molar-refractivity contribution in [2.24, 2.45) is 5.92 Å². The monoisotopic (exact) mass is 382 g/mol. The summed E-state index contributed by atoms with van der Waals surface area (Å²) in [5.41, 5.74) is 0.784. The fourth-order valence-electron chi connectivity index (χ4n) is 2.51. The number of nitrogens with one attached hydrogen (secondary N) is 1. The molecule has 1 saturated heterocycles. The molecule has 4 nitrogen and oxygen atoms in total. The molecule has 1 N–H and O–H groups in total. The molecule has 0 bridgehead atoms. The van der Waals surface area contributed by atoms with E-state index in [0.29, 0.717) is 23.9 Å². The van der Waals surface area contributed by atoms with Crippen LogP contribution in [-0.2, 0) is 10.0 Å². The van der Waals surface area contributed by atoms with Gasteiger partial charge < -0.3 is 5.32 Å². The molecule has 0 spiro atoms. The highest BCUT2D eigenvalue weighted by Crippen LogP contribution is 2.27. The van der Waals surface area contributed by atoms with Crippen LogP contribution in [-0.4, -0.2) is 39.4 Å². The largest absolute Gasteiger partial charge is 0.319 e. The number of hydrogen-bond donors (Lipinski definition) is 1. The Bertz CT molecular complexity index is 565. The van der Waals surface area contributed by atoms with E-state index in [9.17, 15) is 8.42 Å². The van der Waals surface area contributed by atoms with Crippen LogP contribution < -0.4 is 5.32 Å². The van der Waals surface area contributed by atoms with Gasteiger partial charge in [0.15, 0.2) is 0 Å². The molecule has 1 unspecified atom stereocenters. The zero-order valence-electron chi connectivity index (χ0n) is 11.6. The molecule has 1 fully saturated rings. The van der Waals surface area contributed by atoms with Crippen molar-refractivity contribution in [1.29, 1.82) is 0 Å². The van der Waals surface area contributed by atoms with E-state index in [1.54, 1.807) is 16.4 Å². The minimum atomic E-state index is -3.35. The maximum absolute atomic E-state index is 12.6. The van der Waals surface area contributed by atoms with E-state index in [-0.39, 0.29) is 12.4 Å². The second kappa shape index (κ2) is 7.22. The van der Waals surface area contributed by atoms with E-state index in [0.717, 1.165) is 23.0 Å². The Morgan fingerprint density at radius 3 is 2.75 bits per heavy atom. The molecule has 0 saturated carbocycles. The van der Waals surface area contributed by atoms with Crippen molar-refractivity contribution in [2.45, 2.75) is 18.2 Å². The van der Waals surface area contributed by atoms with Crippen LogP contribution in [0.1, 0.15) is 12.0 Å². The molecule has 1 aromatic rings. The van der Waals surface area contributed by atoms with Gasteiger partial charge in [0.25, 0.3) is 0 Å². The lowest BCUT2D eigenvalue weighted by molar-refractivity contribution is 0.451. The molecular weight excluding hydrogens is 364 g/mol. The zero-order chi connectivity index (χ0) is 14.0. The molecule has 1 aromatic carbocycles. The van der Waals surface area contributed by atoms with E-state index in [1.807, 2.05) is 20.0 Å². The van der Waals surface area contributed by atoms with Gasteiger partial charge in [-0.2, -0.15) is 4.31 Å². The fourth-order valence-corrected chi connectivity index (χ4v) is 4.72. The van der Waals surface area contributed by atoms with Crippen molar-refractivity contribution in [3.8, 4) is 0 Å². The van der Waals surface area contributed by atoms with Crippen molar-refractivity contribution < 1.29 is 8.42 Å². The summed E-state index contributed by atoms with van der Waals surface area (Å²) in [6, 6.07) is 5.30. The zero-order valence-corrected chi connectivity index (χ0v) is 14.8. The van der Waals surface area contributed by atoms with E-state index in [2.05, 4.69) is 21.2 Å². The van der Waals surface area contributed by atoms with Gasteiger partial charge in [0.05, 0.1) is 4.90 Å². The van der Waals surface area contributed by atoms with Crippen LogP contribution in [0.2, 0.25) is 0 Å². The van der Waals surface area contributed by atoms with Gasteiger partial charge in [-0.15, -0.1) is 12.4 Å². The number of halogens is 2. The van der Waals surface area contributed by atoms with Crippen molar-refractivity contribution in [3.05, 3.63) is 28.2 Å². The van der Waals surface area contributed by atoms with Gasteiger partial charge in [-0.25, -0.2) is 8.42 Å². The predicted molar refractivity (Wildman–Crippen MR) is 86.9 cm³/mol. The third-order valence-corrected chi connectivity index (χ3v) is 6.01. The van der Waals surface area contributed by atoms with Crippen molar-refractivity contribution in [1.82, 2.24) is 9.62 Å². The summed E-state index contributed by atoms with van der Waals surface area (Å²) in [5, 5.41) is 3.11. The van der Waals surface area contributed by atoms with Gasteiger partial charge in [0, 0.05) is 17.6 Å². The molecule has 7 heteroatoms. The van der Waals surface area contributed by atoms with Crippen molar-refractivity contribution >= 4 is 38.4 Å². The average molecular weight is 384 g/mol. The van der Waals surface area contributed by atoms with Gasteiger partial charge >= 0.3 is 0 Å². The van der Waals surface area contributed by atoms with E-state index < -0.39 is 10.0 Å². The summed E-state index contributed by atoms with van der Waals surface area (Å²) in [6.45, 7) is 3.92. The van der Waals surface area contributed by atoms with Crippen molar-refractivity contribution in [3.63, 3.8) is 0 Å². The maximum atomic E-state index is 12.6. The van der Waals surface area contributed by atoms with Crippen LogP contribution in [0.5, 0.6) is 0 Å². The van der Waals surface area contributed by atoms with E-state index >= 15 is 0 Å². The summed E-state index contributed by atoms with van der Waals surface area (Å²) in [5.74, 6) is 0.413. The molecule has 0 radical (unpaired) electrons. The number of benzene rings is 1. The number of nitrogens with zero attached hydrogens (tertiary/aromatic N) is 1. The van der Waals surface area contributed by atoms with Crippen LogP contribution in [0, 0.1) is 12.8 Å². The summed E-state index contributed by atoms with van der Waals surface area (Å²) in [6.07, 6.45) is 0.926. The molecule has 20 heavy (non-hydrogen) atoms. The maximum Gasteiger partial charge on any atom is 0.243 e. The highest BCUT2D eigenvalue weighted by Gasteiger charge is 2.32. The van der Waals surface area contributed by atoms with Crippen LogP contribution in [0.25, 0.3) is 0 Å². The number of sulfonamides is 1. The lowest BCUT2D eigenvalue weighted by atomic mass is 10.1. The molecule has 114 valence electrons. The summed E-state index contributed by atoms with van der Waals surface area (Å²) in [7, 11) is -1.45. The molecule has 0 aromatic heterocycles. The molecule has 0 aliphatic carbocycles. The Morgan fingerprint density at radius 2 is 2.15 bits per heavy atom. The predicted octanol–water partition coefficient (Wildman–Crippen LogP) is 2.41. The van der Waals surface area contributed by atoms with Crippen LogP contribution in [0.15, 0.2) is 27.6 Å². The number of rotatable bonds is 4. The molecule has 1 heterocycles. The fraction of sp³-hybridized carbons (Fsp3) is 0.538. The van der Waals surface area contributed by atoms with Crippen LogP contribution in [0.4, 0.5) is 0 Å². The van der Waals surface area contributed by atoms with Gasteiger partial charge in [-0.1, -0.05) is 15.9 Å². The standard InChI is InChI=1S/C13H19BrN2O2S.ClH/c1-10-7-12(14)3-4-13(10)19(17,18)16-6-5-11(9-16)8-15-2;/h3-4,7,11,15H,5-6,8-9H2,1-2H3;1H. The van der Waals surface area contributed by atoms with Crippen LogP contribution in [0.3, 0.4) is 0 Å². The van der Waals surface area contributed by atoms with Gasteiger partial charge in [-0.3, -0.25) is 0 Å². The molecular formula is C13H20BrClN2O2S. The smallest absolute Gasteiger partial charge is 0.243 e. The van der Waals surface area contributed by atoms with Gasteiger partial charge in [0.1, 0.15) is 0 Å². The highest BCUT2D eigenvalue weighted by molar-refractivity contribution is 9.10. The highest BCUT2D eigenvalue weighted by atomic mass is 79.9. The third-order valence-electron chi connectivity index (χ3n) is 3.50. The Balaban J connectivity index is 0.00000200. The van der Waals surface area contributed by atoms with Crippen LogP contribution >= 0.6 is 28.3 Å². The minimum Gasteiger partial charge on any atom is -0.319 e. The number of hydrogen-bond acceptors (Lipinski definition) is 3. The van der Waals surface area contributed by atoms with E-state index in [1.165, 1.54) is 0 Å². The molecule has 1 aliphatic heterocycles. The molecule has 2 rings (SSSR count). The first-order valence-electron chi connectivity index (χ1n) is 6.36. The lowest BCUT2D eigenvalue weighted by Gasteiger charge is -2.18.